The van der Waals surface area contributed by atoms with Crippen LogP contribution in [0, 0.1) is 0 Å². The predicted molar refractivity (Wildman–Crippen MR) is 107 cm³/mol. The molecule has 2 rings (SSSR count). The van der Waals surface area contributed by atoms with Gasteiger partial charge in [0.25, 0.3) is 0 Å². The normalized spacial score (nSPS) is 10.6. The van der Waals surface area contributed by atoms with Gasteiger partial charge in [0.1, 0.15) is 5.75 Å². The Labute approximate surface area is 161 Å². The molecule has 0 saturated heterocycles. The van der Waals surface area contributed by atoms with Crippen molar-refractivity contribution < 1.29 is 19.0 Å². The first-order valence-corrected chi connectivity index (χ1v) is 9.14. The first-order valence-electron chi connectivity index (χ1n) is 9.14. The zero-order chi connectivity index (χ0) is 19.5. The van der Waals surface area contributed by atoms with E-state index in [0.29, 0.717) is 31.3 Å². The molecular formula is C22H27NO4. The van der Waals surface area contributed by atoms with E-state index in [1.54, 1.807) is 13.2 Å². The van der Waals surface area contributed by atoms with E-state index >= 15 is 0 Å². The number of hydrogen-bond acceptors (Lipinski definition) is 4. The lowest BCUT2D eigenvalue weighted by Gasteiger charge is -2.10. The summed E-state index contributed by atoms with van der Waals surface area (Å²) in [6.45, 7) is 5.69. The minimum atomic E-state index is -0.165. The lowest BCUT2D eigenvalue weighted by Crippen LogP contribution is -2.20. The zero-order valence-corrected chi connectivity index (χ0v) is 16.2. The third kappa shape index (κ3) is 6.70. The van der Waals surface area contributed by atoms with Gasteiger partial charge >= 0.3 is 0 Å². The van der Waals surface area contributed by atoms with Crippen LogP contribution in [0.3, 0.4) is 0 Å². The van der Waals surface area contributed by atoms with E-state index in [9.17, 15) is 4.79 Å². The summed E-state index contributed by atoms with van der Waals surface area (Å²) in [5, 5.41) is 2.87. The van der Waals surface area contributed by atoms with Gasteiger partial charge in [0, 0.05) is 12.6 Å². The molecule has 5 nitrogen and oxygen atoms in total. The van der Waals surface area contributed by atoms with Gasteiger partial charge in [-0.1, -0.05) is 25.1 Å². The smallest absolute Gasteiger partial charge is 0.244 e. The minimum Gasteiger partial charge on any atom is -0.494 e. The van der Waals surface area contributed by atoms with E-state index in [0.717, 1.165) is 23.3 Å². The molecule has 5 heteroatoms. The van der Waals surface area contributed by atoms with Crippen LogP contribution in [0.1, 0.15) is 31.4 Å². The Morgan fingerprint density at radius 2 is 1.93 bits per heavy atom. The number of hydrogen-bond donors (Lipinski definition) is 1. The topological polar surface area (TPSA) is 56.8 Å². The highest BCUT2D eigenvalue weighted by molar-refractivity contribution is 5.91. The predicted octanol–water partition coefficient (Wildman–Crippen LogP) is 4.21. The summed E-state index contributed by atoms with van der Waals surface area (Å²) in [6.07, 6.45) is 4.18. The van der Waals surface area contributed by atoms with E-state index < -0.39 is 0 Å². The fraction of sp³-hybridized carbons (Fsp3) is 0.318. The molecule has 0 spiro atoms. The summed E-state index contributed by atoms with van der Waals surface area (Å²) in [5.41, 5.74) is 1.85. The molecule has 0 fully saturated rings. The summed E-state index contributed by atoms with van der Waals surface area (Å²) in [4.78, 5) is 12.1. The number of carbonyl (C=O) groups is 1. The number of amides is 1. The molecule has 0 heterocycles. The highest BCUT2D eigenvalue weighted by atomic mass is 16.5. The molecule has 2 aromatic rings. The summed E-state index contributed by atoms with van der Waals surface area (Å²) < 4.78 is 16.5. The molecule has 0 bridgehead atoms. The quantitative estimate of drug-likeness (QED) is 0.637. The molecule has 0 aliphatic heterocycles. The van der Waals surface area contributed by atoms with Crippen LogP contribution < -0.4 is 19.5 Å². The van der Waals surface area contributed by atoms with Gasteiger partial charge in [0.15, 0.2) is 11.5 Å². The van der Waals surface area contributed by atoms with Crippen LogP contribution >= 0.6 is 0 Å². The van der Waals surface area contributed by atoms with Crippen LogP contribution in [0.25, 0.3) is 6.08 Å². The van der Waals surface area contributed by atoms with Crippen LogP contribution in [-0.4, -0.2) is 26.2 Å². The molecule has 0 aliphatic rings. The first kappa shape index (κ1) is 20.4. The van der Waals surface area contributed by atoms with Gasteiger partial charge < -0.3 is 19.5 Å². The molecule has 0 aromatic heterocycles. The largest absolute Gasteiger partial charge is 0.494 e. The van der Waals surface area contributed by atoms with Crippen molar-refractivity contribution >= 4 is 12.0 Å². The van der Waals surface area contributed by atoms with Crippen molar-refractivity contribution in [1.29, 1.82) is 0 Å². The molecule has 2 aromatic carbocycles. The molecule has 0 radical (unpaired) electrons. The van der Waals surface area contributed by atoms with Crippen molar-refractivity contribution in [2.75, 3.05) is 20.3 Å². The summed E-state index contributed by atoms with van der Waals surface area (Å²) >= 11 is 0. The van der Waals surface area contributed by atoms with Crippen LogP contribution in [0.4, 0.5) is 0 Å². The number of methoxy groups -OCH3 is 1. The Balaban J connectivity index is 1.93. The molecule has 0 unspecified atom stereocenters. The zero-order valence-electron chi connectivity index (χ0n) is 16.2. The number of rotatable bonds is 10. The van der Waals surface area contributed by atoms with Crippen molar-refractivity contribution in [2.24, 2.45) is 0 Å². The Bertz CT molecular complexity index is 771. The van der Waals surface area contributed by atoms with Crippen molar-refractivity contribution in [3.8, 4) is 17.2 Å². The van der Waals surface area contributed by atoms with Gasteiger partial charge in [-0.3, -0.25) is 4.79 Å². The maximum Gasteiger partial charge on any atom is 0.244 e. The number of benzene rings is 2. The maximum absolute atomic E-state index is 12.1. The molecule has 0 atom stereocenters. The maximum atomic E-state index is 12.1. The summed E-state index contributed by atoms with van der Waals surface area (Å²) in [6, 6.07) is 13.3. The highest BCUT2D eigenvalue weighted by Crippen LogP contribution is 2.28. The first-order chi connectivity index (χ1) is 13.2. The monoisotopic (exact) mass is 369 g/mol. The lowest BCUT2D eigenvalue weighted by atomic mass is 10.2. The Hall–Kier alpha value is -2.95. The number of nitrogens with one attached hydrogen (secondary N) is 1. The fourth-order valence-corrected chi connectivity index (χ4v) is 2.45. The third-order valence-electron chi connectivity index (χ3n) is 3.75. The SMILES string of the molecule is CCCOc1ccc(C=CC(=O)NCc2cccc(OCC)c2)cc1OC. The van der Waals surface area contributed by atoms with E-state index in [1.807, 2.05) is 49.4 Å². The molecule has 1 N–H and O–H groups in total. The van der Waals surface area contributed by atoms with Crippen molar-refractivity contribution in [3.05, 3.63) is 59.7 Å². The average molecular weight is 369 g/mol. The minimum absolute atomic E-state index is 0.165. The van der Waals surface area contributed by atoms with Crippen LogP contribution in [0.5, 0.6) is 17.2 Å². The van der Waals surface area contributed by atoms with Gasteiger partial charge in [0.2, 0.25) is 5.91 Å². The molecule has 27 heavy (non-hydrogen) atoms. The van der Waals surface area contributed by atoms with Gasteiger partial charge in [-0.2, -0.15) is 0 Å². The molecule has 0 aliphatic carbocycles. The van der Waals surface area contributed by atoms with E-state index in [2.05, 4.69) is 12.2 Å². The third-order valence-corrected chi connectivity index (χ3v) is 3.75. The highest BCUT2D eigenvalue weighted by Gasteiger charge is 2.05. The van der Waals surface area contributed by atoms with Crippen LogP contribution in [0.2, 0.25) is 0 Å². The average Bonchev–Trinajstić information content (AvgIpc) is 2.70. The second-order valence-electron chi connectivity index (χ2n) is 5.89. The van der Waals surface area contributed by atoms with E-state index in [-0.39, 0.29) is 5.91 Å². The number of ether oxygens (including phenoxy) is 3. The molecule has 0 saturated carbocycles. The fourth-order valence-electron chi connectivity index (χ4n) is 2.45. The number of carbonyl (C=O) groups excluding carboxylic acids is 1. The van der Waals surface area contributed by atoms with Gasteiger partial charge in [0.05, 0.1) is 20.3 Å². The van der Waals surface area contributed by atoms with Crippen molar-refractivity contribution in [2.45, 2.75) is 26.8 Å². The van der Waals surface area contributed by atoms with Gasteiger partial charge in [-0.25, -0.2) is 0 Å². The lowest BCUT2D eigenvalue weighted by molar-refractivity contribution is -0.116. The van der Waals surface area contributed by atoms with E-state index in [1.165, 1.54) is 6.08 Å². The Morgan fingerprint density at radius 3 is 2.67 bits per heavy atom. The molecule has 1 amide bonds. The molecular weight excluding hydrogens is 342 g/mol. The van der Waals surface area contributed by atoms with Crippen LogP contribution in [0.15, 0.2) is 48.5 Å². The second kappa shape index (κ2) is 10.9. The Kier molecular flexibility index (Phi) is 8.23. The summed E-state index contributed by atoms with van der Waals surface area (Å²) in [5.74, 6) is 1.99. The second-order valence-corrected chi connectivity index (χ2v) is 5.89. The van der Waals surface area contributed by atoms with Crippen molar-refractivity contribution in [1.82, 2.24) is 5.32 Å². The van der Waals surface area contributed by atoms with Gasteiger partial charge in [-0.05, 0) is 54.8 Å². The molecule has 144 valence electrons. The van der Waals surface area contributed by atoms with Gasteiger partial charge in [-0.15, -0.1) is 0 Å². The summed E-state index contributed by atoms with van der Waals surface area (Å²) in [7, 11) is 1.60. The Morgan fingerprint density at radius 1 is 1.07 bits per heavy atom. The standard InChI is InChI=1S/C22H27NO4/c1-4-13-27-20-11-9-17(15-21(20)25-3)10-12-22(24)23-16-18-7-6-8-19(14-18)26-5-2/h6-12,14-15H,4-5,13,16H2,1-3H3,(H,23,24). The van der Waals surface area contributed by atoms with Crippen LogP contribution in [-0.2, 0) is 11.3 Å². The van der Waals surface area contributed by atoms with Crippen molar-refractivity contribution in [3.63, 3.8) is 0 Å². The van der Waals surface area contributed by atoms with E-state index in [4.69, 9.17) is 14.2 Å².